The highest BCUT2D eigenvalue weighted by Gasteiger charge is 2.28. The van der Waals surface area contributed by atoms with Crippen LogP contribution in [0.2, 0.25) is 0 Å². The van der Waals surface area contributed by atoms with Gasteiger partial charge in [-0.1, -0.05) is 6.92 Å². The van der Waals surface area contributed by atoms with E-state index in [9.17, 15) is 9.59 Å². The molecule has 1 aromatic rings. The van der Waals surface area contributed by atoms with Gasteiger partial charge in [0.25, 0.3) is 0 Å². The second kappa shape index (κ2) is 9.82. The predicted octanol–water partition coefficient (Wildman–Crippen LogP) is 1.15. The second-order valence-corrected chi connectivity index (χ2v) is 8.73. The fourth-order valence-electron chi connectivity index (χ4n) is 3.22. The summed E-state index contributed by atoms with van der Waals surface area (Å²) in [6.07, 6.45) is 3.20. The first-order valence-electron chi connectivity index (χ1n) is 10.2. The van der Waals surface area contributed by atoms with Crippen molar-refractivity contribution in [3.05, 3.63) is 12.4 Å². The summed E-state index contributed by atoms with van der Waals surface area (Å²) in [5.74, 6) is 0.863. The Balaban J connectivity index is 1.83. The summed E-state index contributed by atoms with van der Waals surface area (Å²) in [6.45, 7) is 10.3. The molecule has 0 aliphatic carbocycles. The number of aliphatic imine (C=N–C) groups is 1. The minimum absolute atomic E-state index is 0.00917. The highest BCUT2D eigenvalue weighted by molar-refractivity contribution is 5.98. The molecule has 168 valence electrons. The van der Waals surface area contributed by atoms with Crippen molar-refractivity contribution in [2.45, 2.75) is 33.3 Å². The number of nitrogens with zero attached hydrogens (tertiary/aromatic N) is 6. The summed E-state index contributed by atoms with van der Waals surface area (Å²) in [6, 6.07) is 0. The summed E-state index contributed by atoms with van der Waals surface area (Å²) >= 11 is 0. The lowest BCUT2D eigenvalue weighted by Crippen LogP contribution is -2.56. The SMILES string of the molecule is CN=C(NCC(C)CN(C)C(=O)OC(C)(C)C)N1CCN(c2cnn(C)c2)C(=O)C1. The molecular weight excluding hydrogens is 386 g/mol. The summed E-state index contributed by atoms with van der Waals surface area (Å²) < 4.78 is 7.07. The smallest absolute Gasteiger partial charge is 0.410 e. The number of anilines is 1. The second-order valence-electron chi connectivity index (χ2n) is 8.73. The average Bonchev–Trinajstić information content (AvgIpc) is 3.07. The van der Waals surface area contributed by atoms with E-state index < -0.39 is 5.60 Å². The maximum atomic E-state index is 12.6. The molecule has 1 fully saturated rings. The van der Waals surface area contributed by atoms with Crippen LogP contribution < -0.4 is 10.2 Å². The number of carbonyl (C=O) groups excluding carboxylic acids is 2. The molecule has 10 nitrogen and oxygen atoms in total. The Hall–Kier alpha value is -2.78. The fraction of sp³-hybridized carbons (Fsp3) is 0.700. The van der Waals surface area contributed by atoms with Gasteiger partial charge in [0, 0.05) is 53.5 Å². The molecule has 2 heterocycles. The molecular formula is C20H35N7O3. The Morgan fingerprint density at radius 1 is 1.40 bits per heavy atom. The normalized spacial score (nSPS) is 16.5. The predicted molar refractivity (Wildman–Crippen MR) is 117 cm³/mol. The van der Waals surface area contributed by atoms with Crippen molar-refractivity contribution >= 4 is 23.6 Å². The van der Waals surface area contributed by atoms with E-state index in [0.29, 0.717) is 32.1 Å². The van der Waals surface area contributed by atoms with Crippen molar-refractivity contribution in [2.75, 3.05) is 51.7 Å². The Morgan fingerprint density at radius 2 is 2.10 bits per heavy atom. The number of ether oxygens (including phenoxy) is 1. The number of amides is 2. The van der Waals surface area contributed by atoms with E-state index in [1.54, 1.807) is 34.8 Å². The highest BCUT2D eigenvalue weighted by Crippen LogP contribution is 2.16. The van der Waals surface area contributed by atoms with Crippen LogP contribution in [0.1, 0.15) is 27.7 Å². The van der Waals surface area contributed by atoms with Crippen LogP contribution >= 0.6 is 0 Å². The molecule has 30 heavy (non-hydrogen) atoms. The third-order valence-corrected chi connectivity index (χ3v) is 4.63. The number of rotatable bonds is 5. The first kappa shape index (κ1) is 23.5. The van der Waals surface area contributed by atoms with Crippen LogP contribution in [0.4, 0.5) is 10.5 Å². The van der Waals surface area contributed by atoms with Crippen molar-refractivity contribution < 1.29 is 14.3 Å². The van der Waals surface area contributed by atoms with Crippen LogP contribution in [0.25, 0.3) is 0 Å². The van der Waals surface area contributed by atoms with Gasteiger partial charge in [-0.25, -0.2) is 4.79 Å². The molecule has 1 atom stereocenters. The van der Waals surface area contributed by atoms with Gasteiger partial charge in [0.2, 0.25) is 5.91 Å². The van der Waals surface area contributed by atoms with Crippen LogP contribution in [0, 0.1) is 5.92 Å². The quantitative estimate of drug-likeness (QED) is 0.566. The van der Waals surface area contributed by atoms with E-state index in [4.69, 9.17) is 4.74 Å². The number of nitrogens with one attached hydrogen (secondary N) is 1. The number of hydrogen-bond donors (Lipinski definition) is 1. The van der Waals surface area contributed by atoms with Crippen LogP contribution in [0.3, 0.4) is 0 Å². The Kier molecular flexibility index (Phi) is 7.69. The number of guanidine groups is 1. The van der Waals surface area contributed by atoms with Crippen molar-refractivity contribution in [3.8, 4) is 0 Å². The Morgan fingerprint density at radius 3 is 2.63 bits per heavy atom. The molecule has 1 unspecified atom stereocenters. The van der Waals surface area contributed by atoms with Crippen molar-refractivity contribution in [2.24, 2.45) is 18.0 Å². The number of hydrogen-bond acceptors (Lipinski definition) is 5. The first-order valence-corrected chi connectivity index (χ1v) is 10.2. The Labute approximate surface area is 178 Å². The molecule has 1 aliphatic rings. The molecule has 10 heteroatoms. The van der Waals surface area contributed by atoms with Crippen LogP contribution in [0.15, 0.2) is 17.4 Å². The molecule has 1 aromatic heterocycles. The van der Waals surface area contributed by atoms with Gasteiger partial charge in [0.15, 0.2) is 5.96 Å². The van der Waals surface area contributed by atoms with Gasteiger partial charge in [-0.2, -0.15) is 5.10 Å². The minimum Gasteiger partial charge on any atom is -0.444 e. The molecule has 0 saturated carbocycles. The van der Waals surface area contributed by atoms with Crippen molar-refractivity contribution in [1.29, 1.82) is 0 Å². The lowest BCUT2D eigenvalue weighted by atomic mass is 10.1. The minimum atomic E-state index is -0.515. The van der Waals surface area contributed by atoms with Gasteiger partial charge < -0.3 is 24.8 Å². The van der Waals surface area contributed by atoms with Gasteiger partial charge in [-0.05, 0) is 26.7 Å². The lowest BCUT2D eigenvalue weighted by molar-refractivity contribution is -0.120. The zero-order chi connectivity index (χ0) is 22.5. The molecule has 1 aliphatic heterocycles. The molecule has 2 rings (SSSR count). The third kappa shape index (κ3) is 6.64. The van der Waals surface area contributed by atoms with Crippen molar-refractivity contribution in [1.82, 2.24) is 24.9 Å². The standard InChI is InChI=1S/C20H35N7O3/c1-15(12-24(6)19(29)30-20(2,3)4)10-22-18(21-5)26-8-9-27(17(28)14-26)16-11-23-25(7)13-16/h11,13,15H,8-10,12,14H2,1-7H3,(H,21,22). The lowest BCUT2D eigenvalue weighted by Gasteiger charge is -2.35. The van der Waals surface area contributed by atoms with Gasteiger partial charge in [0.05, 0.1) is 11.9 Å². The molecule has 0 spiro atoms. The van der Waals surface area contributed by atoms with E-state index in [0.717, 1.165) is 5.69 Å². The summed E-state index contributed by atoms with van der Waals surface area (Å²) in [4.78, 5) is 34.3. The highest BCUT2D eigenvalue weighted by atomic mass is 16.6. The van der Waals surface area contributed by atoms with E-state index in [1.807, 2.05) is 45.8 Å². The monoisotopic (exact) mass is 421 g/mol. The molecule has 1 saturated heterocycles. The van der Waals surface area contributed by atoms with Crippen LogP contribution in [-0.4, -0.2) is 90.0 Å². The molecule has 1 N–H and O–H groups in total. The Bertz CT molecular complexity index is 769. The maximum absolute atomic E-state index is 12.6. The molecule has 0 radical (unpaired) electrons. The summed E-state index contributed by atoms with van der Waals surface area (Å²) in [7, 11) is 5.27. The average molecular weight is 422 g/mol. The first-order chi connectivity index (χ1) is 14.0. The van der Waals surface area contributed by atoms with E-state index in [-0.39, 0.29) is 24.5 Å². The van der Waals surface area contributed by atoms with E-state index in [2.05, 4.69) is 15.4 Å². The summed E-state index contributed by atoms with van der Waals surface area (Å²) in [5.41, 5.74) is 0.295. The van der Waals surface area contributed by atoms with Crippen molar-refractivity contribution in [3.63, 3.8) is 0 Å². The maximum Gasteiger partial charge on any atom is 0.410 e. The van der Waals surface area contributed by atoms with Gasteiger partial charge in [-0.3, -0.25) is 14.5 Å². The molecule has 0 aromatic carbocycles. The fourth-order valence-corrected chi connectivity index (χ4v) is 3.22. The van der Waals surface area contributed by atoms with Gasteiger partial charge in [0.1, 0.15) is 12.1 Å². The topological polar surface area (TPSA) is 95.3 Å². The number of carbonyl (C=O) groups is 2. The number of aryl methyl sites for hydroxylation is 1. The largest absolute Gasteiger partial charge is 0.444 e. The van der Waals surface area contributed by atoms with Crippen LogP contribution in [-0.2, 0) is 16.6 Å². The zero-order valence-electron chi connectivity index (χ0n) is 19.2. The molecule has 0 bridgehead atoms. The summed E-state index contributed by atoms with van der Waals surface area (Å²) in [5, 5.41) is 7.46. The van der Waals surface area contributed by atoms with Gasteiger partial charge >= 0.3 is 6.09 Å². The number of piperazine rings is 1. The van der Waals surface area contributed by atoms with E-state index >= 15 is 0 Å². The van der Waals surface area contributed by atoms with E-state index in [1.165, 1.54) is 0 Å². The van der Waals surface area contributed by atoms with Crippen LogP contribution in [0.5, 0.6) is 0 Å². The molecule has 2 amide bonds. The zero-order valence-corrected chi connectivity index (χ0v) is 19.2. The number of aromatic nitrogens is 2. The third-order valence-electron chi connectivity index (χ3n) is 4.63. The van der Waals surface area contributed by atoms with Gasteiger partial charge in [-0.15, -0.1) is 0 Å².